The Kier molecular flexibility index (Phi) is 2.49. The summed E-state index contributed by atoms with van der Waals surface area (Å²) in [5.41, 5.74) is 6.19. The van der Waals surface area contributed by atoms with E-state index in [0.717, 1.165) is 0 Å². The maximum absolute atomic E-state index is 10.0. The van der Waals surface area contributed by atoms with E-state index in [9.17, 15) is 4.79 Å². The van der Waals surface area contributed by atoms with Crippen molar-refractivity contribution >= 4 is 6.41 Å². The van der Waals surface area contributed by atoms with Crippen molar-refractivity contribution in [1.29, 1.82) is 0 Å². The van der Waals surface area contributed by atoms with Crippen LogP contribution in [0, 0.1) is 0 Å². The Hall–Kier alpha value is -1.51. The van der Waals surface area contributed by atoms with Gasteiger partial charge in [0.2, 0.25) is 6.41 Å². The van der Waals surface area contributed by atoms with Crippen LogP contribution in [-0.4, -0.2) is 12.5 Å². The number of hydrogen-bond donors (Lipinski definition) is 2. The molecule has 0 spiro atoms. The number of amides is 1. The van der Waals surface area contributed by atoms with Gasteiger partial charge in [-0.25, -0.2) is 0 Å². The molecule has 1 unspecified atom stereocenters. The Balaban J connectivity index is 2.63. The second-order valence-corrected chi connectivity index (χ2v) is 2.22. The van der Waals surface area contributed by atoms with Gasteiger partial charge in [-0.15, -0.1) is 0 Å². The van der Waals surface area contributed by atoms with Crippen LogP contribution in [0.15, 0.2) is 36.1 Å². The van der Waals surface area contributed by atoms with Gasteiger partial charge in [0.1, 0.15) is 0 Å². The fourth-order valence-corrected chi connectivity index (χ4v) is 0.811. The number of hydrogen-bond acceptors (Lipinski definition) is 2. The molecule has 1 amide bonds. The first-order chi connectivity index (χ1) is 5.33. The van der Waals surface area contributed by atoms with Crippen LogP contribution < -0.4 is 11.1 Å². The normalized spacial score (nSPS) is 22.2. The number of carbonyl (C=O) groups excluding carboxylic acids is 1. The van der Waals surface area contributed by atoms with Crippen molar-refractivity contribution in [1.82, 2.24) is 5.32 Å². The van der Waals surface area contributed by atoms with Gasteiger partial charge in [-0.05, 0) is 12.2 Å². The molecule has 11 heavy (non-hydrogen) atoms. The van der Waals surface area contributed by atoms with Crippen LogP contribution in [0.3, 0.4) is 0 Å². The van der Waals surface area contributed by atoms with Gasteiger partial charge in [0, 0.05) is 5.70 Å². The summed E-state index contributed by atoms with van der Waals surface area (Å²) in [6.07, 6.45) is 9.70. The van der Waals surface area contributed by atoms with Crippen molar-refractivity contribution in [2.24, 2.45) is 5.73 Å². The predicted molar refractivity (Wildman–Crippen MR) is 43.5 cm³/mol. The van der Waals surface area contributed by atoms with Crippen molar-refractivity contribution in [3.63, 3.8) is 0 Å². The summed E-state index contributed by atoms with van der Waals surface area (Å²) in [5.74, 6) is 0. The van der Waals surface area contributed by atoms with E-state index in [1.54, 1.807) is 12.2 Å². The summed E-state index contributed by atoms with van der Waals surface area (Å²) in [5, 5.41) is 2.60. The summed E-state index contributed by atoms with van der Waals surface area (Å²) >= 11 is 0. The third-order valence-electron chi connectivity index (χ3n) is 1.36. The maximum atomic E-state index is 10.0. The lowest BCUT2D eigenvalue weighted by Gasteiger charge is -2.02. The topological polar surface area (TPSA) is 55.1 Å². The number of allylic oxidation sites excluding steroid dienone is 3. The van der Waals surface area contributed by atoms with Gasteiger partial charge in [-0.2, -0.15) is 0 Å². The second-order valence-electron chi connectivity index (χ2n) is 2.22. The zero-order valence-electron chi connectivity index (χ0n) is 6.03. The Bertz CT molecular complexity index is 228. The molecule has 0 saturated heterocycles. The molecule has 0 aromatic carbocycles. The van der Waals surface area contributed by atoms with E-state index < -0.39 is 0 Å². The first-order valence-electron chi connectivity index (χ1n) is 3.35. The van der Waals surface area contributed by atoms with Gasteiger partial charge in [-0.1, -0.05) is 18.2 Å². The molecule has 0 aromatic heterocycles. The Morgan fingerprint density at radius 2 is 2.36 bits per heavy atom. The number of nitrogens with one attached hydrogen (secondary N) is 1. The fraction of sp³-hybridized carbons (Fsp3) is 0.125. The molecule has 3 heteroatoms. The van der Waals surface area contributed by atoms with E-state index in [2.05, 4.69) is 5.32 Å². The Labute approximate surface area is 65.3 Å². The molecule has 3 N–H and O–H groups in total. The van der Waals surface area contributed by atoms with Crippen LogP contribution in [0.25, 0.3) is 0 Å². The minimum Gasteiger partial charge on any atom is -0.399 e. The average Bonchev–Trinajstić information content (AvgIpc) is 2.17. The van der Waals surface area contributed by atoms with E-state index in [4.69, 9.17) is 5.73 Å². The highest BCUT2D eigenvalue weighted by atomic mass is 16.1. The van der Waals surface area contributed by atoms with Crippen molar-refractivity contribution in [2.45, 2.75) is 6.04 Å². The Morgan fingerprint density at radius 3 is 3.09 bits per heavy atom. The smallest absolute Gasteiger partial charge is 0.207 e. The van der Waals surface area contributed by atoms with Crippen LogP contribution in [0.1, 0.15) is 0 Å². The molecule has 0 bridgehead atoms. The molecular weight excluding hydrogens is 140 g/mol. The Morgan fingerprint density at radius 1 is 1.55 bits per heavy atom. The molecule has 3 nitrogen and oxygen atoms in total. The minimum absolute atomic E-state index is 0.0372. The lowest BCUT2D eigenvalue weighted by Crippen LogP contribution is -2.22. The molecule has 1 aliphatic carbocycles. The molecular formula is C8H10N2O. The van der Waals surface area contributed by atoms with Crippen LogP contribution in [0.5, 0.6) is 0 Å². The summed E-state index contributed by atoms with van der Waals surface area (Å²) in [7, 11) is 0. The molecule has 0 saturated carbocycles. The molecule has 0 fully saturated rings. The van der Waals surface area contributed by atoms with Crippen molar-refractivity contribution in [3.8, 4) is 0 Å². The zero-order valence-corrected chi connectivity index (χ0v) is 6.03. The monoisotopic (exact) mass is 150 g/mol. The standard InChI is InChI=1S/C8H10N2O/c9-7-2-1-3-8(5-4-7)10-6-11/h1-6,8H,9H2,(H,10,11). The van der Waals surface area contributed by atoms with Gasteiger partial charge in [0.15, 0.2) is 0 Å². The van der Waals surface area contributed by atoms with Gasteiger partial charge in [0.25, 0.3) is 0 Å². The second kappa shape index (κ2) is 3.61. The molecule has 0 aliphatic heterocycles. The van der Waals surface area contributed by atoms with Gasteiger partial charge < -0.3 is 11.1 Å². The van der Waals surface area contributed by atoms with E-state index in [1.807, 2.05) is 18.2 Å². The fourth-order valence-electron chi connectivity index (χ4n) is 0.811. The highest BCUT2D eigenvalue weighted by Crippen LogP contribution is 1.98. The lowest BCUT2D eigenvalue weighted by atomic mass is 10.2. The number of rotatable bonds is 2. The molecule has 0 aromatic rings. The molecule has 1 rings (SSSR count). The van der Waals surface area contributed by atoms with Crippen LogP contribution in [0.2, 0.25) is 0 Å². The quantitative estimate of drug-likeness (QED) is 0.547. The van der Waals surface area contributed by atoms with Gasteiger partial charge in [0.05, 0.1) is 6.04 Å². The molecule has 1 aliphatic rings. The van der Waals surface area contributed by atoms with E-state index in [0.29, 0.717) is 12.1 Å². The van der Waals surface area contributed by atoms with Crippen molar-refractivity contribution in [2.75, 3.05) is 0 Å². The highest BCUT2D eigenvalue weighted by molar-refractivity contribution is 5.49. The van der Waals surface area contributed by atoms with Crippen LogP contribution in [-0.2, 0) is 4.79 Å². The summed E-state index contributed by atoms with van der Waals surface area (Å²) in [4.78, 5) is 10.0. The number of nitrogens with two attached hydrogens (primary N) is 1. The first-order valence-corrected chi connectivity index (χ1v) is 3.35. The third-order valence-corrected chi connectivity index (χ3v) is 1.36. The first kappa shape index (κ1) is 7.60. The van der Waals surface area contributed by atoms with E-state index in [-0.39, 0.29) is 6.04 Å². The maximum Gasteiger partial charge on any atom is 0.207 e. The van der Waals surface area contributed by atoms with Gasteiger partial charge in [-0.3, -0.25) is 4.79 Å². The largest absolute Gasteiger partial charge is 0.399 e. The third kappa shape index (κ3) is 2.29. The molecule has 58 valence electrons. The molecule has 0 radical (unpaired) electrons. The summed E-state index contributed by atoms with van der Waals surface area (Å²) in [6.45, 7) is 0. The van der Waals surface area contributed by atoms with Crippen molar-refractivity contribution in [3.05, 3.63) is 36.1 Å². The lowest BCUT2D eigenvalue weighted by molar-refractivity contribution is -0.109. The van der Waals surface area contributed by atoms with Crippen LogP contribution in [0.4, 0.5) is 0 Å². The van der Waals surface area contributed by atoms with Crippen LogP contribution >= 0.6 is 0 Å². The average molecular weight is 150 g/mol. The predicted octanol–water partition coefficient (Wildman–Crippen LogP) is 0.0696. The van der Waals surface area contributed by atoms with E-state index >= 15 is 0 Å². The van der Waals surface area contributed by atoms with Crippen molar-refractivity contribution < 1.29 is 4.79 Å². The molecule has 0 heterocycles. The summed E-state index contributed by atoms with van der Waals surface area (Å²) < 4.78 is 0. The van der Waals surface area contributed by atoms with E-state index in [1.165, 1.54) is 0 Å². The SMILES string of the molecule is NC1=CC=CC(NC=O)C=C1. The zero-order chi connectivity index (χ0) is 8.10. The summed E-state index contributed by atoms with van der Waals surface area (Å²) in [6, 6.07) is -0.0372. The number of carbonyl (C=O) groups is 1. The molecule has 1 atom stereocenters. The minimum atomic E-state index is -0.0372. The highest BCUT2D eigenvalue weighted by Gasteiger charge is 1.97. The van der Waals surface area contributed by atoms with Gasteiger partial charge >= 0.3 is 0 Å².